The Morgan fingerprint density at radius 2 is 1.81 bits per heavy atom. The summed E-state index contributed by atoms with van der Waals surface area (Å²) in [4.78, 5) is 5.39. The lowest BCUT2D eigenvalue weighted by molar-refractivity contribution is 0.0192. The maximum absolute atomic E-state index is 6.27. The van der Waals surface area contributed by atoms with Gasteiger partial charge in [0, 0.05) is 31.2 Å². The quantitative estimate of drug-likeness (QED) is 0.846. The molecule has 0 aromatic rings. The van der Waals surface area contributed by atoms with E-state index in [-0.39, 0.29) is 0 Å². The van der Waals surface area contributed by atoms with Crippen LogP contribution in [-0.4, -0.2) is 54.1 Å². The van der Waals surface area contributed by atoms with E-state index in [0.29, 0.717) is 11.6 Å². The molecule has 0 saturated carbocycles. The van der Waals surface area contributed by atoms with Gasteiger partial charge in [-0.15, -0.1) is 0 Å². The van der Waals surface area contributed by atoms with Crippen molar-refractivity contribution in [2.75, 3.05) is 32.7 Å². The second-order valence-electron chi connectivity index (χ2n) is 7.63. The fraction of sp³-hybridized carbons (Fsp3) is 1.00. The molecule has 0 aromatic carbocycles. The summed E-state index contributed by atoms with van der Waals surface area (Å²) in [6, 6.07) is 0.679. The molecule has 0 radical (unpaired) electrons. The summed E-state index contributed by atoms with van der Waals surface area (Å²) in [6.07, 6.45) is 9.49. The lowest BCUT2D eigenvalue weighted by atomic mass is 9.84. The first kappa shape index (κ1) is 17.2. The van der Waals surface area contributed by atoms with E-state index in [2.05, 4.69) is 30.6 Å². The predicted octanol–water partition coefficient (Wildman–Crippen LogP) is 3.09. The van der Waals surface area contributed by atoms with E-state index >= 15 is 0 Å². The molecule has 21 heavy (non-hydrogen) atoms. The van der Waals surface area contributed by atoms with Gasteiger partial charge in [0.05, 0.1) is 0 Å². The third-order valence-electron chi connectivity index (χ3n) is 6.05. The van der Waals surface area contributed by atoms with Gasteiger partial charge in [0.1, 0.15) is 0 Å². The second-order valence-corrected chi connectivity index (χ2v) is 7.63. The van der Waals surface area contributed by atoms with Crippen LogP contribution in [0.1, 0.15) is 65.7 Å². The van der Waals surface area contributed by atoms with Crippen molar-refractivity contribution in [3.63, 3.8) is 0 Å². The summed E-state index contributed by atoms with van der Waals surface area (Å²) in [5.74, 6) is 0.963. The van der Waals surface area contributed by atoms with Gasteiger partial charge in [-0.3, -0.25) is 4.90 Å². The summed E-state index contributed by atoms with van der Waals surface area (Å²) in [5, 5.41) is 0. The first-order chi connectivity index (χ1) is 10.1. The van der Waals surface area contributed by atoms with E-state index < -0.39 is 0 Å². The topological polar surface area (TPSA) is 32.5 Å². The van der Waals surface area contributed by atoms with Gasteiger partial charge in [0.25, 0.3) is 0 Å². The highest BCUT2D eigenvalue weighted by atomic mass is 15.2. The van der Waals surface area contributed by atoms with Crippen LogP contribution in [0.5, 0.6) is 0 Å². The lowest BCUT2D eigenvalue weighted by Crippen LogP contribution is -2.60. The van der Waals surface area contributed by atoms with Gasteiger partial charge in [-0.05, 0) is 65.0 Å². The Morgan fingerprint density at radius 1 is 1.10 bits per heavy atom. The number of piperidine rings is 1. The Balaban J connectivity index is 1.94. The Morgan fingerprint density at radius 3 is 2.38 bits per heavy atom. The van der Waals surface area contributed by atoms with Gasteiger partial charge < -0.3 is 10.6 Å². The Kier molecular flexibility index (Phi) is 6.51. The molecule has 0 bridgehead atoms. The lowest BCUT2D eigenvalue weighted by Gasteiger charge is -2.49. The summed E-state index contributed by atoms with van der Waals surface area (Å²) in [6.45, 7) is 12.8. The first-order valence-corrected chi connectivity index (χ1v) is 9.30. The molecule has 0 aromatic heterocycles. The Bertz CT molecular complexity index is 295. The summed E-state index contributed by atoms with van der Waals surface area (Å²) in [5.41, 5.74) is 6.57. The molecule has 2 aliphatic heterocycles. The largest absolute Gasteiger partial charge is 0.329 e. The van der Waals surface area contributed by atoms with Crippen LogP contribution in [0.2, 0.25) is 0 Å². The zero-order valence-electron chi connectivity index (χ0n) is 14.6. The van der Waals surface area contributed by atoms with Crippen molar-refractivity contribution < 1.29 is 0 Å². The molecule has 2 N–H and O–H groups in total. The minimum Gasteiger partial charge on any atom is -0.329 e. The molecule has 0 aliphatic carbocycles. The van der Waals surface area contributed by atoms with Crippen LogP contribution >= 0.6 is 0 Å². The summed E-state index contributed by atoms with van der Waals surface area (Å²) >= 11 is 0. The zero-order chi connectivity index (χ0) is 15.3. The monoisotopic (exact) mass is 295 g/mol. The predicted molar refractivity (Wildman–Crippen MR) is 91.6 cm³/mol. The molecule has 2 saturated heterocycles. The average Bonchev–Trinajstić information content (AvgIpc) is 2.74. The summed E-state index contributed by atoms with van der Waals surface area (Å²) < 4.78 is 0. The minimum absolute atomic E-state index is 0.298. The maximum Gasteiger partial charge on any atom is 0.0356 e. The number of nitrogens with two attached hydrogens (primary N) is 1. The van der Waals surface area contributed by atoms with Gasteiger partial charge in [0.15, 0.2) is 0 Å². The molecule has 124 valence electrons. The summed E-state index contributed by atoms with van der Waals surface area (Å²) in [7, 11) is 0. The maximum atomic E-state index is 6.27. The van der Waals surface area contributed by atoms with Crippen molar-refractivity contribution in [3.05, 3.63) is 0 Å². The van der Waals surface area contributed by atoms with Crippen LogP contribution < -0.4 is 5.73 Å². The minimum atomic E-state index is 0.298. The normalized spacial score (nSPS) is 28.7. The molecule has 3 heteroatoms. The highest BCUT2D eigenvalue weighted by molar-refractivity contribution is 4.97. The number of hydrogen-bond acceptors (Lipinski definition) is 3. The van der Waals surface area contributed by atoms with Gasteiger partial charge >= 0.3 is 0 Å². The molecule has 2 aliphatic rings. The van der Waals surface area contributed by atoms with Gasteiger partial charge in [0.2, 0.25) is 0 Å². The Labute approximate surface area is 132 Å². The van der Waals surface area contributed by atoms with E-state index in [1.165, 1.54) is 71.1 Å². The molecule has 1 atom stereocenters. The van der Waals surface area contributed by atoms with Crippen LogP contribution in [0.25, 0.3) is 0 Å². The first-order valence-electron chi connectivity index (χ1n) is 9.30. The molecule has 0 amide bonds. The number of rotatable bonds is 5. The highest BCUT2D eigenvalue weighted by Crippen LogP contribution is 2.32. The van der Waals surface area contributed by atoms with E-state index in [9.17, 15) is 0 Å². The highest BCUT2D eigenvalue weighted by Gasteiger charge is 2.39. The Hall–Kier alpha value is -0.120. The van der Waals surface area contributed by atoms with Crippen molar-refractivity contribution in [1.29, 1.82) is 0 Å². The van der Waals surface area contributed by atoms with Crippen molar-refractivity contribution in [2.45, 2.75) is 77.3 Å². The third kappa shape index (κ3) is 4.20. The van der Waals surface area contributed by atoms with Crippen LogP contribution in [0.4, 0.5) is 0 Å². The smallest absolute Gasteiger partial charge is 0.0356 e. The third-order valence-corrected chi connectivity index (χ3v) is 6.05. The van der Waals surface area contributed by atoms with E-state index in [1.807, 2.05) is 0 Å². The number of likely N-dealkylation sites (tertiary alicyclic amines) is 2. The van der Waals surface area contributed by atoms with Crippen molar-refractivity contribution in [2.24, 2.45) is 11.7 Å². The molecule has 2 rings (SSSR count). The fourth-order valence-electron chi connectivity index (χ4n) is 4.44. The standard InChI is InChI=1S/C18H37N3/c1-4-6-17-7-5-11-21(12-8-17)18(15-19)9-13-20(14-10-18)16(2)3/h16-17H,4-15,19H2,1-3H3. The van der Waals surface area contributed by atoms with Crippen molar-refractivity contribution in [3.8, 4) is 0 Å². The number of hydrogen-bond donors (Lipinski definition) is 1. The molecule has 1 unspecified atom stereocenters. The SMILES string of the molecule is CCCC1CCCN(C2(CN)CCN(C(C)C)CC2)CC1. The van der Waals surface area contributed by atoms with Crippen LogP contribution in [-0.2, 0) is 0 Å². The zero-order valence-corrected chi connectivity index (χ0v) is 14.6. The fourth-order valence-corrected chi connectivity index (χ4v) is 4.44. The van der Waals surface area contributed by atoms with E-state index in [1.54, 1.807) is 0 Å². The average molecular weight is 296 g/mol. The van der Waals surface area contributed by atoms with Crippen LogP contribution in [0.15, 0.2) is 0 Å². The van der Waals surface area contributed by atoms with E-state index in [0.717, 1.165) is 12.5 Å². The van der Waals surface area contributed by atoms with E-state index in [4.69, 9.17) is 5.73 Å². The van der Waals surface area contributed by atoms with Crippen LogP contribution in [0.3, 0.4) is 0 Å². The number of nitrogens with zero attached hydrogens (tertiary/aromatic N) is 2. The van der Waals surface area contributed by atoms with Crippen molar-refractivity contribution >= 4 is 0 Å². The molecule has 2 heterocycles. The molecule has 2 fully saturated rings. The second kappa shape index (κ2) is 7.94. The van der Waals surface area contributed by atoms with Gasteiger partial charge in [-0.2, -0.15) is 0 Å². The molecular weight excluding hydrogens is 258 g/mol. The van der Waals surface area contributed by atoms with Gasteiger partial charge in [-0.1, -0.05) is 19.8 Å². The molecule has 3 nitrogen and oxygen atoms in total. The van der Waals surface area contributed by atoms with Crippen LogP contribution in [0, 0.1) is 5.92 Å². The molecule has 0 spiro atoms. The van der Waals surface area contributed by atoms with Gasteiger partial charge in [-0.25, -0.2) is 0 Å². The molecular formula is C18H37N3. The van der Waals surface area contributed by atoms with Crippen molar-refractivity contribution in [1.82, 2.24) is 9.80 Å².